The van der Waals surface area contributed by atoms with Gasteiger partial charge in [0, 0.05) is 6.20 Å². The van der Waals surface area contributed by atoms with Crippen molar-refractivity contribution in [1.29, 1.82) is 0 Å². The molecule has 0 atom stereocenters. The van der Waals surface area contributed by atoms with E-state index in [2.05, 4.69) is 20.4 Å². The average Bonchev–Trinajstić information content (AvgIpc) is 2.85. The summed E-state index contributed by atoms with van der Waals surface area (Å²) < 4.78 is 10.0. The Kier molecular flexibility index (Phi) is 2.92. The first kappa shape index (κ1) is 10.3. The molecule has 2 rings (SSSR count). The second-order valence-corrected chi connectivity index (χ2v) is 2.87. The first-order chi connectivity index (χ1) is 7.75. The molecule has 0 radical (unpaired) electrons. The minimum Gasteiger partial charge on any atom is -0.480 e. The Hall–Kier alpha value is -2.22. The molecule has 0 saturated carbocycles. The van der Waals surface area contributed by atoms with Gasteiger partial charge >= 0.3 is 5.97 Å². The fourth-order valence-electron chi connectivity index (χ4n) is 1.02. The SMILES string of the molecule is O=C(O)COCc1nnc(-c2cn[nH]c2)o1. The first-order valence-corrected chi connectivity index (χ1v) is 4.37. The van der Waals surface area contributed by atoms with Crippen molar-refractivity contribution in [3.8, 4) is 11.5 Å². The highest BCUT2D eigenvalue weighted by Crippen LogP contribution is 2.15. The monoisotopic (exact) mass is 224 g/mol. The molecule has 0 unspecified atom stereocenters. The number of hydrogen-bond donors (Lipinski definition) is 2. The molecule has 2 aromatic heterocycles. The fourth-order valence-corrected chi connectivity index (χ4v) is 1.02. The number of nitrogens with zero attached hydrogens (tertiary/aromatic N) is 3. The zero-order chi connectivity index (χ0) is 11.4. The summed E-state index contributed by atoms with van der Waals surface area (Å²) in [5.74, 6) is -0.519. The number of nitrogens with one attached hydrogen (secondary N) is 1. The van der Waals surface area contributed by atoms with E-state index < -0.39 is 12.6 Å². The molecule has 0 saturated heterocycles. The number of carboxylic acids is 1. The van der Waals surface area contributed by atoms with Crippen molar-refractivity contribution in [1.82, 2.24) is 20.4 Å². The number of H-pyrrole nitrogens is 1. The molecule has 2 N–H and O–H groups in total. The number of carboxylic acid groups (broad SMARTS) is 1. The van der Waals surface area contributed by atoms with Crippen molar-refractivity contribution in [3.05, 3.63) is 18.3 Å². The van der Waals surface area contributed by atoms with Crippen LogP contribution in [0.25, 0.3) is 11.5 Å². The highest BCUT2D eigenvalue weighted by molar-refractivity contribution is 5.67. The van der Waals surface area contributed by atoms with Crippen molar-refractivity contribution in [3.63, 3.8) is 0 Å². The van der Waals surface area contributed by atoms with Gasteiger partial charge in [-0.15, -0.1) is 10.2 Å². The normalized spacial score (nSPS) is 10.5. The van der Waals surface area contributed by atoms with Crippen LogP contribution in [-0.4, -0.2) is 38.1 Å². The van der Waals surface area contributed by atoms with E-state index in [1.165, 1.54) is 6.20 Å². The van der Waals surface area contributed by atoms with Crippen molar-refractivity contribution >= 4 is 5.97 Å². The molecular weight excluding hydrogens is 216 g/mol. The Morgan fingerprint density at radius 3 is 3.12 bits per heavy atom. The zero-order valence-electron chi connectivity index (χ0n) is 8.08. The number of carbonyl (C=O) groups is 1. The van der Waals surface area contributed by atoms with E-state index in [9.17, 15) is 4.79 Å². The van der Waals surface area contributed by atoms with Crippen LogP contribution in [0, 0.1) is 0 Å². The van der Waals surface area contributed by atoms with E-state index >= 15 is 0 Å². The highest BCUT2D eigenvalue weighted by Gasteiger charge is 2.09. The number of hydrogen-bond acceptors (Lipinski definition) is 6. The molecule has 84 valence electrons. The average molecular weight is 224 g/mol. The molecule has 0 amide bonds. The van der Waals surface area contributed by atoms with E-state index in [0.717, 1.165) is 0 Å². The quantitative estimate of drug-likeness (QED) is 0.737. The van der Waals surface area contributed by atoms with Gasteiger partial charge in [0.25, 0.3) is 5.89 Å². The molecule has 0 aromatic carbocycles. The molecule has 0 aliphatic carbocycles. The summed E-state index contributed by atoms with van der Waals surface area (Å²) >= 11 is 0. The topological polar surface area (TPSA) is 114 Å². The second-order valence-electron chi connectivity index (χ2n) is 2.87. The summed E-state index contributed by atoms with van der Waals surface area (Å²) in [6.07, 6.45) is 3.14. The third-order valence-corrected chi connectivity index (χ3v) is 1.66. The van der Waals surface area contributed by atoms with Gasteiger partial charge < -0.3 is 14.3 Å². The molecule has 0 aliphatic rings. The number of aromatic amines is 1. The molecule has 0 bridgehead atoms. The van der Waals surface area contributed by atoms with Crippen LogP contribution in [-0.2, 0) is 16.1 Å². The van der Waals surface area contributed by atoms with Crippen LogP contribution >= 0.6 is 0 Å². The molecule has 2 heterocycles. The van der Waals surface area contributed by atoms with Gasteiger partial charge in [0.1, 0.15) is 13.2 Å². The number of rotatable bonds is 5. The van der Waals surface area contributed by atoms with Gasteiger partial charge in [-0.05, 0) is 0 Å². The summed E-state index contributed by atoms with van der Waals surface area (Å²) in [5.41, 5.74) is 0.664. The minimum absolute atomic E-state index is 0.0306. The van der Waals surface area contributed by atoms with Crippen LogP contribution in [0.3, 0.4) is 0 Å². The summed E-state index contributed by atoms with van der Waals surface area (Å²) in [5, 5.41) is 22.1. The maximum atomic E-state index is 10.2. The van der Waals surface area contributed by atoms with Gasteiger partial charge in [-0.25, -0.2) is 4.79 Å². The number of ether oxygens (including phenoxy) is 1. The van der Waals surface area contributed by atoms with Crippen LogP contribution in [0.4, 0.5) is 0 Å². The van der Waals surface area contributed by atoms with Gasteiger partial charge in [-0.1, -0.05) is 0 Å². The first-order valence-electron chi connectivity index (χ1n) is 4.37. The molecule has 16 heavy (non-hydrogen) atoms. The predicted octanol–water partition coefficient (Wildman–Crippen LogP) is 0.0609. The Balaban J connectivity index is 1.95. The number of aromatic nitrogens is 4. The third kappa shape index (κ3) is 2.42. The Morgan fingerprint density at radius 2 is 2.44 bits per heavy atom. The lowest BCUT2D eigenvalue weighted by Crippen LogP contribution is -2.06. The fraction of sp³-hybridized carbons (Fsp3) is 0.250. The molecule has 2 aromatic rings. The summed E-state index contributed by atoms with van der Waals surface area (Å²) in [7, 11) is 0. The molecule has 0 spiro atoms. The third-order valence-electron chi connectivity index (χ3n) is 1.66. The van der Waals surface area contributed by atoms with E-state index in [0.29, 0.717) is 11.5 Å². The molecule has 8 nitrogen and oxygen atoms in total. The molecule has 8 heteroatoms. The van der Waals surface area contributed by atoms with E-state index in [1.807, 2.05) is 0 Å². The molecule has 0 fully saturated rings. The van der Waals surface area contributed by atoms with Gasteiger partial charge in [0.2, 0.25) is 5.89 Å². The van der Waals surface area contributed by atoms with Crippen LogP contribution in [0.5, 0.6) is 0 Å². The standard InChI is InChI=1S/C8H8N4O4/c13-7(14)4-15-3-6-11-12-8(16-6)5-1-9-10-2-5/h1-2H,3-4H2,(H,9,10)(H,13,14). The summed E-state index contributed by atoms with van der Waals surface area (Å²) in [6, 6.07) is 0. The van der Waals surface area contributed by atoms with E-state index in [-0.39, 0.29) is 12.5 Å². The second kappa shape index (κ2) is 4.53. The maximum Gasteiger partial charge on any atom is 0.329 e. The van der Waals surface area contributed by atoms with E-state index in [4.69, 9.17) is 14.3 Å². The van der Waals surface area contributed by atoms with E-state index in [1.54, 1.807) is 6.20 Å². The summed E-state index contributed by atoms with van der Waals surface area (Å²) in [6.45, 7) is -0.430. The lowest BCUT2D eigenvalue weighted by molar-refractivity contribution is -0.142. The maximum absolute atomic E-state index is 10.2. The Bertz CT molecular complexity index is 464. The van der Waals surface area contributed by atoms with Crippen molar-refractivity contribution in [2.75, 3.05) is 6.61 Å². The summed E-state index contributed by atoms with van der Waals surface area (Å²) in [4.78, 5) is 10.2. The van der Waals surface area contributed by atoms with Crippen LogP contribution in [0.15, 0.2) is 16.8 Å². The van der Waals surface area contributed by atoms with Crippen molar-refractivity contribution in [2.24, 2.45) is 0 Å². The highest BCUT2D eigenvalue weighted by atomic mass is 16.5. The predicted molar refractivity (Wildman–Crippen MR) is 49.2 cm³/mol. The Labute approximate surface area is 89.3 Å². The minimum atomic E-state index is -1.05. The molecular formula is C8H8N4O4. The smallest absolute Gasteiger partial charge is 0.329 e. The van der Waals surface area contributed by atoms with Crippen LogP contribution in [0.2, 0.25) is 0 Å². The van der Waals surface area contributed by atoms with Crippen LogP contribution in [0.1, 0.15) is 5.89 Å². The lowest BCUT2D eigenvalue weighted by Gasteiger charge is -1.94. The molecule has 0 aliphatic heterocycles. The van der Waals surface area contributed by atoms with Crippen LogP contribution < -0.4 is 0 Å². The zero-order valence-corrected chi connectivity index (χ0v) is 8.08. The van der Waals surface area contributed by atoms with Crippen molar-refractivity contribution < 1.29 is 19.1 Å². The van der Waals surface area contributed by atoms with Gasteiger partial charge in [0.05, 0.1) is 11.8 Å². The van der Waals surface area contributed by atoms with Crippen molar-refractivity contribution in [2.45, 2.75) is 6.61 Å². The Morgan fingerprint density at radius 1 is 1.56 bits per heavy atom. The van der Waals surface area contributed by atoms with Gasteiger partial charge in [-0.2, -0.15) is 5.10 Å². The number of aliphatic carboxylic acids is 1. The van der Waals surface area contributed by atoms with Gasteiger partial charge in [0.15, 0.2) is 0 Å². The largest absolute Gasteiger partial charge is 0.480 e. The van der Waals surface area contributed by atoms with Gasteiger partial charge in [-0.3, -0.25) is 5.10 Å². The lowest BCUT2D eigenvalue weighted by atomic mass is 10.4.